The van der Waals surface area contributed by atoms with Crippen molar-refractivity contribution >= 4 is 21.2 Å². The van der Waals surface area contributed by atoms with Crippen LogP contribution in [-0.2, 0) is 35.6 Å². The summed E-state index contributed by atoms with van der Waals surface area (Å²) in [7, 11) is -2.95. The fourth-order valence-electron chi connectivity index (χ4n) is 3.47. The average Bonchev–Trinajstić information content (AvgIpc) is 3.03. The topological polar surface area (TPSA) is 64.8 Å². The Morgan fingerprint density at radius 3 is 2.70 bits per heavy atom. The summed E-state index contributed by atoms with van der Waals surface area (Å²) in [5.41, 5.74) is 1.46. The van der Waals surface area contributed by atoms with Crippen molar-refractivity contribution in [2.45, 2.75) is 51.5 Å². The van der Waals surface area contributed by atoms with Crippen LogP contribution in [0.4, 0.5) is 0 Å². The molecule has 4 rings (SSSR count). The summed E-state index contributed by atoms with van der Waals surface area (Å²) in [6, 6.07) is 2.27. The van der Waals surface area contributed by atoms with Gasteiger partial charge in [-0.25, -0.2) is 8.42 Å². The van der Waals surface area contributed by atoms with E-state index in [-0.39, 0.29) is 11.5 Å². The van der Waals surface area contributed by atoms with Crippen molar-refractivity contribution in [1.29, 1.82) is 0 Å². The summed E-state index contributed by atoms with van der Waals surface area (Å²) < 4.78 is 25.7. The highest BCUT2D eigenvalue weighted by atomic mass is 32.2. The summed E-state index contributed by atoms with van der Waals surface area (Å²) in [5.74, 6) is 2.04. The van der Waals surface area contributed by atoms with Gasteiger partial charge in [-0.3, -0.25) is 0 Å². The zero-order valence-corrected chi connectivity index (χ0v) is 14.8. The molecule has 0 spiro atoms. The van der Waals surface area contributed by atoms with Gasteiger partial charge in [0, 0.05) is 17.8 Å². The molecule has 0 aromatic carbocycles. The van der Waals surface area contributed by atoms with Crippen LogP contribution in [0.15, 0.2) is 6.07 Å². The van der Waals surface area contributed by atoms with E-state index >= 15 is 0 Å². The van der Waals surface area contributed by atoms with Crippen LogP contribution in [0.1, 0.15) is 41.9 Å². The highest BCUT2D eigenvalue weighted by Gasteiger charge is 2.24. The van der Waals surface area contributed by atoms with Gasteiger partial charge in [-0.2, -0.15) is 0 Å². The van der Waals surface area contributed by atoms with Crippen LogP contribution in [0.3, 0.4) is 0 Å². The minimum absolute atomic E-state index is 0.187. The third kappa shape index (κ3) is 3.08. The maximum Gasteiger partial charge on any atom is 0.174 e. The largest absolute Gasteiger partial charge is 0.309 e. The number of aromatic nitrogens is 3. The number of hydrogen-bond acceptors (Lipinski definition) is 5. The predicted molar refractivity (Wildman–Crippen MR) is 91.6 cm³/mol. The number of nitrogens with zero attached hydrogens (tertiary/aromatic N) is 3. The van der Waals surface area contributed by atoms with Gasteiger partial charge in [0.1, 0.15) is 5.82 Å². The lowest BCUT2D eigenvalue weighted by atomic mass is 10.00. The average molecular weight is 351 g/mol. The molecule has 5 nitrogen and oxygen atoms in total. The zero-order valence-electron chi connectivity index (χ0n) is 13.1. The van der Waals surface area contributed by atoms with E-state index in [1.165, 1.54) is 36.1 Å². The van der Waals surface area contributed by atoms with Crippen LogP contribution in [0, 0.1) is 0 Å². The third-order valence-electron chi connectivity index (χ3n) is 4.81. The first kappa shape index (κ1) is 15.3. The summed E-state index contributed by atoms with van der Waals surface area (Å²) >= 11 is 1.82. The van der Waals surface area contributed by atoms with Gasteiger partial charge >= 0.3 is 0 Å². The standard InChI is InChI=1S/C16H21N3O2S2/c20-23(21)9-7-15-17-18-16(19(15)8-10-23)14-11-12-5-3-1-2-4-6-13(12)22-14/h11H,1-10H2. The van der Waals surface area contributed by atoms with Gasteiger partial charge in [-0.05, 0) is 37.3 Å². The first-order valence-corrected chi connectivity index (χ1v) is 11.0. The molecule has 0 N–H and O–H groups in total. The molecule has 1 aliphatic heterocycles. The Hall–Kier alpha value is -1.21. The molecule has 0 bridgehead atoms. The quantitative estimate of drug-likeness (QED) is 0.792. The Morgan fingerprint density at radius 2 is 1.83 bits per heavy atom. The van der Waals surface area contributed by atoms with Gasteiger partial charge in [0.25, 0.3) is 0 Å². The highest BCUT2D eigenvalue weighted by Crippen LogP contribution is 2.34. The molecule has 0 atom stereocenters. The maximum absolute atomic E-state index is 11.9. The lowest BCUT2D eigenvalue weighted by Crippen LogP contribution is -2.12. The molecule has 2 aliphatic rings. The smallest absolute Gasteiger partial charge is 0.174 e. The van der Waals surface area contributed by atoms with Gasteiger partial charge in [-0.1, -0.05) is 12.8 Å². The van der Waals surface area contributed by atoms with Crippen LogP contribution >= 0.6 is 11.3 Å². The van der Waals surface area contributed by atoms with Crippen LogP contribution < -0.4 is 0 Å². The molecule has 7 heteroatoms. The van der Waals surface area contributed by atoms with Crippen molar-refractivity contribution in [3.8, 4) is 10.7 Å². The monoisotopic (exact) mass is 351 g/mol. The number of aryl methyl sites for hydroxylation is 3. The molecule has 3 heterocycles. The van der Waals surface area contributed by atoms with Gasteiger partial charge < -0.3 is 4.57 Å². The molecule has 1 aliphatic carbocycles. The Morgan fingerprint density at radius 1 is 1.00 bits per heavy atom. The van der Waals surface area contributed by atoms with Gasteiger partial charge in [0.15, 0.2) is 15.7 Å². The van der Waals surface area contributed by atoms with E-state index < -0.39 is 9.84 Å². The molecule has 0 saturated heterocycles. The maximum atomic E-state index is 11.9. The normalized spacial score (nSPS) is 20.9. The molecular weight excluding hydrogens is 330 g/mol. The lowest BCUT2D eigenvalue weighted by Gasteiger charge is -2.07. The number of sulfone groups is 1. The molecular formula is C16H21N3O2S2. The van der Waals surface area contributed by atoms with E-state index in [0.717, 1.165) is 29.4 Å². The molecule has 0 unspecified atom stereocenters. The van der Waals surface area contributed by atoms with Gasteiger partial charge in [0.2, 0.25) is 0 Å². The van der Waals surface area contributed by atoms with Crippen molar-refractivity contribution in [2.24, 2.45) is 0 Å². The fourth-order valence-corrected chi connectivity index (χ4v) is 5.88. The first-order valence-electron chi connectivity index (χ1n) is 8.37. The molecule has 0 radical (unpaired) electrons. The molecule has 23 heavy (non-hydrogen) atoms. The second-order valence-corrected chi connectivity index (χ2v) is 9.91. The SMILES string of the molecule is O=S1(=O)CCc2nnc(-c3cc4c(s3)CCCCCC4)n2CC1. The Kier molecular flexibility index (Phi) is 4.01. The summed E-state index contributed by atoms with van der Waals surface area (Å²) in [6.45, 7) is 0.475. The van der Waals surface area contributed by atoms with Gasteiger partial charge in [-0.15, -0.1) is 21.5 Å². The van der Waals surface area contributed by atoms with E-state index in [2.05, 4.69) is 16.3 Å². The van der Waals surface area contributed by atoms with Crippen molar-refractivity contribution in [3.05, 3.63) is 22.3 Å². The van der Waals surface area contributed by atoms with Crippen LogP contribution in [0.25, 0.3) is 10.7 Å². The molecule has 2 aromatic rings. The Bertz CT molecular complexity index is 795. The summed E-state index contributed by atoms with van der Waals surface area (Å²) in [5, 5.41) is 8.63. The van der Waals surface area contributed by atoms with E-state index in [0.29, 0.717) is 13.0 Å². The first-order chi connectivity index (χ1) is 11.1. The number of thiophene rings is 1. The number of rotatable bonds is 1. The highest BCUT2D eigenvalue weighted by molar-refractivity contribution is 7.91. The molecule has 2 aromatic heterocycles. The Balaban J connectivity index is 1.70. The van der Waals surface area contributed by atoms with Crippen LogP contribution in [-0.4, -0.2) is 34.7 Å². The third-order valence-corrected chi connectivity index (χ3v) is 7.67. The van der Waals surface area contributed by atoms with Crippen molar-refractivity contribution in [3.63, 3.8) is 0 Å². The lowest BCUT2D eigenvalue weighted by molar-refractivity contribution is 0.593. The predicted octanol–water partition coefficient (Wildman–Crippen LogP) is 2.64. The summed E-state index contributed by atoms with van der Waals surface area (Å²) in [6.07, 6.45) is 7.97. The molecule has 0 saturated carbocycles. The van der Waals surface area contributed by atoms with Crippen molar-refractivity contribution < 1.29 is 8.42 Å². The minimum atomic E-state index is -2.95. The van der Waals surface area contributed by atoms with E-state index in [4.69, 9.17) is 0 Å². The molecule has 124 valence electrons. The van der Waals surface area contributed by atoms with Crippen LogP contribution in [0.5, 0.6) is 0 Å². The molecule has 0 fully saturated rings. The number of hydrogen-bond donors (Lipinski definition) is 0. The van der Waals surface area contributed by atoms with Crippen LogP contribution in [0.2, 0.25) is 0 Å². The fraction of sp³-hybridized carbons (Fsp3) is 0.625. The number of fused-ring (bicyclic) bond motifs is 2. The summed E-state index contributed by atoms with van der Waals surface area (Å²) in [4.78, 5) is 2.63. The second kappa shape index (κ2) is 6.02. The van der Waals surface area contributed by atoms with Crippen molar-refractivity contribution in [2.75, 3.05) is 11.5 Å². The van der Waals surface area contributed by atoms with E-state index in [1.54, 1.807) is 0 Å². The second-order valence-electron chi connectivity index (χ2n) is 6.47. The zero-order chi connectivity index (χ0) is 15.9. The van der Waals surface area contributed by atoms with E-state index in [9.17, 15) is 8.42 Å². The minimum Gasteiger partial charge on any atom is -0.309 e. The van der Waals surface area contributed by atoms with E-state index in [1.807, 2.05) is 15.9 Å². The molecule has 0 amide bonds. The Labute approximate surface area is 140 Å². The van der Waals surface area contributed by atoms with Crippen molar-refractivity contribution in [1.82, 2.24) is 14.8 Å². The van der Waals surface area contributed by atoms with Gasteiger partial charge in [0.05, 0.1) is 16.4 Å².